The van der Waals surface area contributed by atoms with Crippen LogP contribution in [0, 0.1) is 95.7 Å². The van der Waals surface area contributed by atoms with Crippen molar-refractivity contribution in [3.05, 3.63) is 173 Å². The molecule has 628 valence electrons. The fourth-order valence-electron chi connectivity index (χ4n) is 18.3. The van der Waals surface area contributed by atoms with E-state index in [2.05, 4.69) is 78.0 Å². The number of nitriles is 2. The zero-order valence-corrected chi connectivity index (χ0v) is 69.1. The molecule has 0 radical (unpaired) electrons. The van der Waals surface area contributed by atoms with Crippen molar-refractivity contribution in [1.82, 2.24) is 50.2 Å². The molecule has 4 aromatic rings. The first-order valence-electron chi connectivity index (χ1n) is 40.2. The lowest BCUT2D eigenvalue weighted by molar-refractivity contribution is -0.0363. The standard InChI is InChI=1S/C24H31N4O5P.C20H25N3O4.C17H24N3O5P.C13H18N2O4.C8H12O2/c1-15-12-19(33-34(3)31-11-7-10-25)18-13-20(32-21(15)18)28-14-16(2)22(27-24(28)30)26-23(29)17-8-5-4-6-9-17;1-11-8-15(24)14-9-16(27-17(11)14)23-10-12(2)18(22-20(23)26)21-19(25)13-6-4-3-5-7-13;1-10-7-13(25-26(3)23-6-4-5-18)12-8-14(24-15(10)12)20-9-11(2)16(21)19-17(20)22;1-6-3-9(16)8-4-10(19-11(6)8)15-5-7(2)12(17)14-13(15)18;1-5-4-7(9)6-2-3-10-8(5)6/h4-6,8-9,14-15,18-22H,7,11-13H2,1-3H3,(H,26,29)(H,27,30);3-7,10-11,14-18,24H,8-9H2,1-2H3,(H,21,25)(H,22,26);9-10,12-15H,4,6-8H2,1-3H3,(H,19,21,22);5-6,8-11,16H,3-4H2,1-2H3,(H,14,17,18);2-3,5-9H,4H2,1H3/t15-,18+,19-,20-,21-,22?,34?;11-,14+,15-,16-,17-,18?;10-,12+,13-,14-,15-,26?;6-,8+,9-,10-,11-;5-,6+,7-,8-/m11111/s1. The summed E-state index contributed by atoms with van der Waals surface area (Å²) < 4.78 is 56.2. The van der Waals surface area contributed by atoms with Crippen LogP contribution in [0.2, 0.25) is 0 Å². The van der Waals surface area contributed by atoms with Gasteiger partial charge in [-0.1, -0.05) is 71.0 Å². The molecule has 5 saturated carbocycles. The van der Waals surface area contributed by atoms with Gasteiger partial charge in [-0.25, -0.2) is 19.2 Å². The molecule has 9 N–H and O–H groups in total. The molecule has 9 heterocycles. The van der Waals surface area contributed by atoms with Crippen molar-refractivity contribution in [3.63, 3.8) is 0 Å². The molecule has 116 heavy (non-hydrogen) atoms. The summed E-state index contributed by atoms with van der Waals surface area (Å²) in [5, 5.41) is 58.3. The third-order valence-electron chi connectivity index (χ3n) is 24.3. The molecule has 7 aliphatic heterocycles. The molecule has 2 aromatic heterocycles. The van der Waals surface area contributed by atoms with Crippen LogP contribution < -0.4 is 43.8 Å². The molecule has 34 heteroatoms. The van der Waals surface area contributed by atoms with E-state index in [1.54, 1.807) is 92.1 Å². The Labute approximate surface area is 676 Å². The number of aliphatic hydroxyl groups excluding tert-OH is 3. The number of nitrogens with one attached hydrogen (secondary N) is 6. The van der Waals surface area contributed by atoms with E-state index in [0.717, 1.165) is 43.3 Å². The van der Waals surface area contributed by atoms with Crippen molar-refractivity contribution in [2.75, 3.05) is 26.5 Å². The van der Waals surface area contributed by atoms with Crippen molar-refractivity contribution >= 4 is 40.6 Å². The number of aryl methyl sites for hydroxylation is 2. The monoisotopic (exact) mass is 1640 g/mol. The van der Waals surface area contributed by atoms with Gasteiger partial charge in [0, 0.05) is 116 Å². The summed E-state index contributed by atoms with van der Waals surface area (Å²) >= 11 is 0. The maximum absolute atomic E-state index is 12.9. The van der Waals surface area contributed by atoms with Crippen LogP contribution in [0.15, 0.2) is 128 Å². The van der Waals surface area contributed by atoms with E-state index in [1.807, 2.05) is 45.4 Å². The molecule has 2 aromatic carbocycles. The number of rotatable bonds is 18. The van der Waals surface area contributed by atoms with E-state index in [4.69, 9.17) is 52.3 Å². The van der Waals surface area contributed by atoms with Gasteiger partial charge in [-0.05, 0) is 131 Å². The number of aromatic amines is 2. The van der Waals surface area contributed by atoms with E-state index < -0.39 is 65.4 Å². The number of urea groups is 2. The van der Waals surface area contributed by atoms with E-state index in [1.165, 1.54) is 20.2 Å². The molecular formula is C82H110N12O20P2. The predicted octanol–water partition coefficient (Wildman–Crippen LogP) is 8.61. The van der Waals surface area contributed by atoms with Crippen LogP contribution in [-0.2, 0) is 41.8 Å². The summed E-state index contributed by atoms with van der Waals surface area (Å²) in [4.78, 5) is 105. The van der Waals surface area contributed by atoms with Crippen LogP contribution in [0.5, 0.6) is 0 Å². The number of aliphatic hydroxyl groups is 3. The maximum Gasteiger partial charge on any atom is 0.330 e. The van der Waals surface area contributed by atoms with Crippen molar-refractivity contribution in [1.29, 1.82) is 10.5 Å². The number of carbonyl (C=O) groups is 4. The smallest absolute Gasteiger partial charge is 0.330 e. The van der Waals surface area contributed by atoms with Gasteiger partial charge in [-0.15, -0.1) is 0 Å². The number of H-pyrrole nitrogens is 2. The number of ether oxygens (including phenoxy) is 5. The molecule has 6 amide bonds. The molecule has 16 rings (SSSR count). The van der Waals surface area contributed by atoms with Crippen LogP contribution in [-0.4, -0.2) is 180 Å². The van der Waals surface area contributed by atoms with Crippen molar-refractivity contribution in [3.8, 4) is 12.1 Å². The molecule has 0 spiro atoms. The van der Waals surface area contributed by atoms with Crippen molar-refractivity contribution in [2.24, 2.45) is 59.2 Å². The van der Waals surface area contributed by atoms with Gasteiger partial charge in [0.05, 0.1) is 99.4 Å². The van der Waals surface area contributed by atoms with Gasteiger partial charge in [0.15, 0.2) is 16.8 Å². The first kappa shape index (κ1) is 87.0. The van der Waals surface area contributed by atoms with Crippen LogP contribution in [0.4, 0.5) is 9.59 Å². The predicted molar refractivity (Wildman–Crippen MR) is 426 cm³/mol. The molecule has 4 unspecified atom stereocenters. The Bertz CT molecular complexity index is 4520. The Morgan fingerprint density at radius 1 is 0.509 bits per heavy atom. The molecule has 28 atom stereocenters. The lowest BCUT2D eigenvalue weighted by Crippen LogP contribution is -2.57. The Balaban J connectivity index is 0.000000139. The average Bonchev–Trinajstić information content (AvgIpc) is 1.63. The van der Waals surface area contributed by atoms with E-state index in [9.17, 15) is 53.7 Å². The third kappa shape index (κ3) is 20.2. The summed E-state index contributed by atoms with van der Waals surface area (Å²) in [7, 11) is -2.13. The molecule has 9 fully saturated rings. The summed E-state index contributed by atoms with van der Waals surface area (Å²) in [5.74, 6) is 1.99. The lowest BCUT2D eigenvalue weighted by Gasteiger charge is -2.35. The number of amides is 6. The molecule has 12 aliphatic rings. The molecule has 4 saturated heterocycles. The Morgan fingerprint density at radius 2 is 0.871 bits per heavy atom. The quantitative estimate of drug-likeness (QED) is 0.0332. The summed E-state index contributed by atoms with van der Waals surface area (Å²) in [6.45, 7) is 22.1. The number of hydrogen-bond acceptors (Lipinski definition) is 22. The van der Waals surface area contributed by atoms with Crippen LogP contribution in [0.25, 0.3) is 0 Å². The van der Waals surface area contributed by atoms with Crippen LogP contribution in [0.3, 0.4) is 0 Å². The van der Waals surface area contributed by atoms with Gasteiger partial charge in [0.1, 0.15) is 43.3 Å². The number of nitrogens with zero attached hydrogens (tertiary/aromatic N) is 6. The second kappa shape index (κ2) is 38.6. The minimum Gasteiger partial charge on any atom is -0.497 e. The SMILES string of the molecule is CC1=CN([C@H]2C[C@@H]3[C@H](O2)[C@H](C)C[C@H]3O)C(=O)NC1NC(=O)c1ccccc1.CC1=CN([C@H]2C[C@@H]3[C@H](O2)[C@H](C)C[C@H]3OP(C)OCCC#N)C(=O)NC1NC(=O)c1ccccc1.C[C@@H]1C[C@@H](O)[C@@H]2C=CO[C@@H]21.Cc1cn([C@H]2C[C@@H]3[C@H](O2)[C@H](C)C[C@H]3O)c(=O)[nH]c1=O.Cc1cn([C@H]2C[C@@H]3[C@H](O2)[C@H](C)C[C@H]3OP(C)OCCC#N)c(=O)[nH]c1=O. The molecular weight excluding hydrogens is 1530 g/mol. The second-order valence-electron chi connectivity index (χ2n) is 32.7. The summed E-state index contributed by atoms with van der Waals surface area (Å²) in [5.41, 5.74) is 2.02. The number of fused-ring (bicyclic) bond motifs is 5. The highest BCUT2D eigenvalue weighted by atomic mass is 31.2. The first-order chi connectivity index (χ1) is 55.5. The highest BCUT2D eigenvalue weighted by Gasteiger charge is 2.55. The summed E-state index contributed by atoms with van der Waals surface area (Å²) in [6.07, 6.45) is 14.3. The molecule has 5 aliphatic carbocycles. The Hall–Kier alpha value is -8.30. The minimum atomic E-state index is -1.08. The number of hydrogen-bond donors (Lipinski definition) is 9. The number of aromatic nitrogens is 4. The van der Waals surface area contributed by atoms with E-state index in [0.29, 0.717) is 97.7 Å². The summed E-state index contributed by atoms with van der Waals surface area (Å²) in [6, 6.07) is 21.3. The van der Waals surface area contributed by atoms with E-state index in [-0.39, 0.29) is 132 Å². The fourth-order valence-corrected chi connectivity index (χ4v) is 20.4. The largest absolute Gasteiger partial charge is 0.497 e. The normalized spacial score (nSPS) is 35.0. The van der Waals surface area contributed by atoms with Gasteiger partial charge in [-0.2, -0.15) is 10.5 Å². The van der Waals surface area contributed by atoms with Crippen molar-refractivity contribution < 1.29 is 76.3 Å². The minimum absolute atomic E-state index is 0.000802. The van der Waals surface area contributed by atoms with Gasteiger partial charge in [0.2, 0.25) is 0 Å². The van der Waals surface area contributed by atoms with Gasteiger partial charge < -0.3 is 78.4 Å². The molecule has 0 bridgehead atoms. The third-order valence-corrected chi connectivity index (χ3v) is 26.5. The highest BCUT2D eigenvalue weighted by Crippen LogP contribution is 2.53. The Kier molecular flexibility index (Phi) is 29.0. The maximum atomic E-state index is 12.9. The van der Waals surface area contributed by atoms with E-state index >= 15 is 0 Å². The first-order valence-corrected chi connectivity index (χ1v) is 43.4. The van der Waals surface area contributed by atoms with Crippen LogP contribution in [0.1, 0.15) is 163 Å². The number of benzene rings is 2. The molecule has 32 nitrogen and oxygen atoms in total. The zero-order valence-electron chi connectivity index (χ0n) is 67.3. The van der Waals surface area contributed by atoms with Gasteiger partial charge in [-0.3, -0.25) is 48.1 Å². The van der Waals surface area contributed by atoms with Gasteiger partial charge in [0.25, 0.3) is 22.9 Å². The average molecular weight is 1650 g/mol. The highest BCUT2D eigenvalue weighted by molar-refractivity contribution is 7.46. The fraction of sp³-hybridized carbons (Fsp3) is 0.610. The van der Waals surface area contributed by atoms with Crippen molar-refractivity contribution in [2.45, 2.75) is 231 Å². The number of carbonyl (C=O) groups excluding carboxylic acids is 4. The van der Waals surface area contributed by atoms with Gasteiger partial charge >= 0.3 is 23.4 Å². The van der Waals surface area contributed by atoms with Crippen LogP contribution >= 0.6 is 16.8 Å². The Morgan fingerprint density at radius 3 is 1.28 bits per heavy atom. The topological polar surface area (TPSA) is 424 Å². The lowest BCUT2D eigenvalue weighted by atomic mass is 10.00. The zero-order chi connectivity index (χ0) is 83.1. The second-order valence-corrected chi connectivity index (χ2v) is 35.4.